The van der Waals surface area contributed by atoms with E-state index in [0.717, 1.165) is 31.5 Å². The highest BCUT2D eigenvalue weighted by molar-refractivity contribution is 7.89. The van der Waals surface area contributed by atoms with Crippen LogP contribution < -0.4 is 5.32 Å². The van der Waals surface area contributed by atoms with Crippen LogP contribution in [-0.2, 0) is 16.6 Å². The Morgan fingerprint density at radius 1 is 1.40 bits per heavy atom. The summed E-state index contributed by atoms with van der Waals surface area (Å²) in [6, 6.07) is 1.74. The van der Waals surface area contributed by atoms with E-state index in [0.29, 0.717) is 30.4 Å². The van der Waals surface area contributed by atoms with Crippen LogP contribution in [0.2, 0.25) is 0 Å². The summed E-state index contributed by atoms with van der Waals surface area (Å²) in [4.78, 5) is 3.43. The minimum Gasteiger partial charge on any atom is -0.363 e. The molecule has 0 aliphatic carbocycles. The highest BCUT2D eigenvalue weighted by atomic mass is 32.2. The minimum absolute atomic E-state index is 0.389. The van der Waals surface area contributed by atoms with Crippen molar-refractivity contribution in [2.45, 2.75) is 44.6 Å². The van der Waals surface area contributed by atoms with E-state index in [9.17, 15) is 8.42 Å². The van der Waals surface area contributed by atoms with Crippen molar-refractivity contribution in [2.24, 2.45) is 5.92 Å². The first-order chi connectivity index (χ1) is 9.54. The topological polar surface area (TPSA) is 65.2 Å². The summed E-state index contributed by atoms with van der Waals surface area (Å²) >= 11 is 0. The van der Waals surface area contributed by atoms with E-state index >= 15 is 0 Å². The quantitative estimate of drug-likeness (QED) is 0.873. The fourth-order valence-electron chi connectivity index (χ4n) is 2.56. The molecule has 1 unspecified atom stereocenters. The molecule has 2 rings (SSSR count). The lowest BCUT2D eigenvalue weighted by Gasteiger charge is -2.19. The number of aromatic nitrogens is 1. The summed E-state index contributed by atoms with van der Waals surface area (Å²) in [6.45, 7) is 7.03. The van der Waals surface area contributed by atoms with E-state index in [2.05, 4.69) is 17.2 Å². The van der Waals surface area contributed by atoms with Gasteiger partial charge < -0.3 is 10.3 Å². The van der Waals surface area contributed by atoms with E-state index in [4.69, 9.17) is 0 Å². The lowest BCUT2D eigenvalue weighted by Crippen LogP contribution is -2.31. The molecule has 0 bridgehead atoms. The van der Waals surface area contributed by atoms with Crippen LogP contribution in [0.15, 0.2) is 17.2 Å². The van der Waals surface area contributed by atoms with Gasteiger partial charge in [-0.1, -0.05) is 13.8 Å². The molecule has 0 radical (unpaired) electrons. The second kappa shape index (κ2) is 6.74. The molecule has 2 N–H and O–H groups in total. The van der Waals surface area contributed by atoms with E-state index in [1.165, 1.54) is 0 Å². The van der Waals surface area contributed by atoms with E-state index < -0.39 is 10.0 Å². The molecule has 114 valence electrons. The minimum atomic E-state index is -3.34. The average Bonchev–Trinajstić information content (AvgIpc) is 2.79. The van der Waals surface area contributed by atoms with E-state index in [-0.39, 0.29) is 0 Å². The Kier molecular flexibility index (Phi) is 5.23. The van der Waals surface area contributed by atoms with Crippen molar-refractivity contribution in [3.8, 4) is 0 Å². The summed E-state index contributed by atoms with van der Waals surface area (Å²) in [5, 5.41) is 3.18. The molecule has 1 saturated heterocycles. The third kappa shape index (κ3) is 3.62. The van der Waals surface area contributed by atoms with Gasteiger partial charge >= 0.3 is 0 Å². The molecule has 6 heteroatoms. The van der Waals surface area contributed by atoms with Gasteiger partial charge in [0.25, 0.3) is 0 Å². The number of hydrogen-bond donors (Lipinski definition) is 2. The summed E-state index contributed by atoms with van der Waals surface area (Å²) in [5.41, 5.74) is 0.911. The smallest absolute Gasteiger partial charge is 0.244 e. The molecule has 1 fully saturated rings. The van der Waals surface area contributed by atoms with E-state index in [1.54, 1.807) is 16.6 Å². The molecule has 0 amide bonds. The molecular weight excluding hydrogens is 274 g/mol. The van der Waals surface area contributed by atoms with Crippen LogP contribution in [0.4, 0.5) is 0 Å². The maximum atomic E-state index is 12.6. The van der Waals surface area contributed by atoms with Crippen LogP contribution in [0.3, 0.4) is 0 Å². The Morgan fingerprint density at radius 2 is 2.20 bits per heavy atom. The van der Waals surface area contributed by atoms with Crippen molar-refractivity contribution in [1.29, 1.82) is 0 Å². The number of sulfonamides is 1. The van der Waals surface area contributed by atoms with Crippen molar-refractivity contribution >= 4 is 10.0 Å². The standard InChI is InChI=1S/C14H25N3O2S/c1-3-15-10-13-9-14(11-16-13)20(18,19)17-7-4-5-12(2)6-8-17/h9,11-12,15-16H,3-8,10H2,1-2H3. The largest absolute Gasteiger partial charge is 0.363 e. The molecular formula is C14H25N3O2S. The van der Waals surface area contributed by atoms with Gasteiger partial charge in [0, 0.05) is 31.5 Å². The SMILES string of the molecule is CCNCc1cc(S(=O)(=O)N2CCCC(C)CC2)c[nH]1. The molecule has 0 aromatic carbocycles. The Hall–Kier alpha value is -0.850. The first-order valence-electron chi connectivity index (χ1n) is 7.42. The monoisotopic (exact) mass is 299 g/mol. The maximum Gasteiger partial charge on any atom is 0.244 e. The highest BCUT2D eigenvalue weighted by Gasteiger charge is 2.27. The van der Waals surface area contributed by atoms with Crippen molar-refractivity contribution in [3.05, 3.63) is 18.0 Å². The number of hydrogen-bond acceptors (Lipinski definition) is 3. The van der Waals surface area contributed by atoms with Crippen molar-refractivity contribution < 1.29 is 8.42 Å². The van der Waals surface area contributed by atoms with Gasteiger partial charge in [0.15, 0.2) is 0 Å². The summed E-state index contributed by atoms with van der Waals surface area (Å²) in [5.74, 6) is 0.616. The average molecular weight is 299 g/mol. The Morgan fingerprint density at radius 3 is 2.95 bits per heavy atom. The van der Waals surface area contributed by atoms with Crippen LogP contribution in [0.25, 0.3) is 0 Å². The van der Waals surface area contributed by atoms with E-state index in [1.807, 2.05) is 6.92 Å². The van der Waals surface area contributed by atoms with Gasteiger partial charge in [-0.25, -0.2) is 8.42 Å². The molecule has 1 aromatic heterocycles. The molecule has 1 aliphatic heterocycles. The summed E-state index contributed by atoms with van der Waals surface area (Å²) in [6.07, 6.45) is 4.63. The van der Waals surface area contributed by atoms with Crippen molar-refractivity contribution in [3.63, 3.8) is 0 Å². The van der Waals surface area contributed by atoms with Gasteiger partial charge in [0.2, 0.25) is 10.0 Å². The van der Waals surface area contributed by atoms with Gasteiger partial charge in [-0.2, -0.15) is 4.31 Å². The Bertz CT molecular complexity index is 524. The first kappa shape index (κ1) is 15.5. The Labute approximate surface area is 121 Å². The fraction of sp³-hybridized carbons (Fsp3) is 0.714. The fourth-order valence-corrected chi connectivity index (χ4v) is 4.07. The van der Waals surface area contributed by atoms with Crippen LogP contribution in [0.1, 0.15) is 38.8 Å². The van der Waals surface area contributed by atoms with Crippen molar-refractivity contribution in [2.75, 3.05) is 19.6 Å². The van der Waals surface area contributed by atoms with Crippen LogP contribution >= 0.6 is 0 Å². The molecule has 2 heterocycles. The third-order valence-corrected chi connectivity index (χ3v) is 5.77. The molecule has 5 nitrogen and oxygen atoms in total. The number of rotatable bonds is 5. The zero-order valence-corrected chi connectivity index (χ0v) is 13.2. The predicted molar refractivity (Wildman–Crippen MR) is 79.9 cm³/mol. The number of H-pyrrole nitrogens is 1. The number of nitrogens with one attached hydrogen (secondary N) is 2. The van der Waals surface area contributed by atoms with Gasteiger partial charge in [0.1, 0.15) is 0 Å². The normalized spacial score (nSPS) is 21.8. The second-order valence-corrected chi connectivity index (χ2v) is 7.52. The van der Waals surface area contributed by atoms with Gasteiger partial charge in [0.05, 0.1) is 4.90 Å². The molecule has 0 spiro atoms. The lowest BCUT2D eigenvalue weighted by atomic mass is 10.0. The number of nitrogens with zero attached hydrogens (tertiary/aromatic N) is 1. The van der Waals surface area contributed by atoms with Crippen LogP contribution in [0.5, 0.6) is 0 Å². The Balaban J connectivity index is 2.10. The molecule has 1 aliphatic rings. The third-order valence-electron chi connectivity index (χ3n) is 3.90. The number of aromatic amines is 1. The molecule has 0 saturated carbocycles. The molecule has 20 heavy (non-hydrogen) atoms. The van der Waals surface area contributed by atoms with Crippen molar-refractivity contribution in [1.82, 2.24) is 14.6 Å². The van der Waals surface area contributed by atoms with Crippen LogP contribution in [0, 0.1) is 5.92 Å². The van der Waals surface area contributed by atoms with Gasteiger partial charge in [-0.15, -0.1) is 0 Å². The summed E-state index contributed by atoms with van der Waals surface area (Å²) < 4.78 is 26.9. The van der Waals surface area contributed by atoms with Crippen LogP contribution in [-0.4, -0.2) is 37.3 Å². The lowest BCUT2D eigenvalue weighted by molar-refractivity contribution is 0.417. The zero-order valence-electron chi connectivity index (χ0n) is 12.4. The molecule has 1 aromatic rings. The van der Waals surface area contributed by atoms with Gasteiger partial charge in [-0.05, 0) is 37.8 Å². The van der Waals surface area contributed by atoms with Gasteiger partial charge in [-0.3, -0.25) is 0 Å². The summed E-state index contributed by atoms with van der Waals surface area (Å²) in [7, 11) is -3.34. The first-order valence-corrected chi connectivity index (χ1v) is 8.86. The highest BCUT2D eigenvalue weighted by Crippen LogP contribution is 2.23. The zero-order chi connectivity index (χ0) is 14.6. The predicted octanol–water partition coefficient (Wildman–Crippen LogP) is 1.93. The molecule has 1 atom stereocenters. The second-order valence-electron chi connectivity index (χ2n) is 5.58. The maximum absolute atomic E-state index is 12.6.